The third-order valence-corrected chi connectivity index (χ3v) is 6.07. The summed E-state index contributed by atoms with van der Waals surface area (Å²) >= 11 is 0. The number of benzene rings is 1. The molecule has 1 aliphatic rings. The predicted octanol–water partition coefficient (Wildman–Crippen LogP) is 4.50. The van der Waals surface area contributed by atoms with Crippen molar-refractivity contribution in [1.29, 1.82) is 0 Å². The second-order valence-corrected chi connectivity index (χ2v) is 8.44. The first-order valence-corrected chi connectivity index (χ1v) is 11.7. The van der Waals surface area contributed by atoms with E-state index in [1.807, 2.05) is 48.7 Å². The standard InChI is InChI=1S/C26H24N8O2/c35-26(31-24-15-23(32-33-24)18-2-1-8-27-16-18)29-19-5-3-17(4-6-19)22-14-20-21(30-22)7-9-28-25(20)34-10-12-36-13-11-34/h1-9,14-16,30H,10-13H2,(H3,29,31,32,33,35). The SMILES string of the molecule is O=C(Nc1ccc(-c2cc3c(N4CCOCC4)nccc3[nH]2)cc1)Nc1cc(-c2cccnc2)n[nH]1. The van der Waals surface area contributed by atoms with Gasteiger partial charge in [-0.3, -0.25) is 15.4 Å². The molecule has 36 heavy (non-hydrogen) atoms. The van der Waals surface area contributed by atoms with Crippen LogP contribution in [0, 0.1) is 0 Å². The molecule has 0 radical (unpaired) electrons. The van der Waals surface area contributed by atoms with Crippen LogP contribution in [0.2, 0.25) is 0 Å². The molecule has 1 saturated heterocycles. The quantitative estimate of drug-likeness (QED) is 0.294. The van der Waals surface area contributed by atoms with Crippen LogP contribution >= 0.6 is 0 Å². The topological polar surface area (TPSA) is 124 Å². The molecule has 0 spiro atoms. The molecule has 0 bridgehead atoms. The highest BCUT2D eigenvalue weighted by Gasteiger charge is 2.17. The van der Waals surface area contributed by atoms with Crippen LogP contribution in [-0.2, 0) is 4.74 Å². The molecule has 10 nitrogen and oxygen atoms in total. The van der Waals surface area contributed by atoms with Gasteiger partial charge < -0.3 is 19.9 Å². The third kappa shape index (κ3) is 4.49. The Hall–Kier alpha value is -4.70. The van der Waals surface area contributed by atoms with Crippen molar-refractivity contribution in [2.45, 2.75) is 0 Å². The minimum absolute atomic E-state index is 0.365. The number of ether oxygens (including phenoxy) is 1. The van der Waals surface area contributed by atoms with Gasteiger partial charge in [-0.15, -0.1) is 0 Å². The van der Waals surface area contributed by atoms with Gasteiger partial charge in [0, 0.05) is 60.1 Å². The Morgan fingerprint density at radius 1 is 0.972 bits per heavy atom. The molecule has 5 aromatic rings. The number of nitrogens with one attached hydrogen (secondary N) is 4. The molecule has 1 aromatic carbocycles. The number of fused-ring (bicyclic) bond motifs is 1. The molecule has 4 aromatic heterocycles. The maximum atomic E-state index is 12.5. The third-order valence-electron chi connectivity index (χ3n) is 6.07. The van der Waals surface area contributed by atoms with Crippen LogP contribution in [0.1, 0.15) is 0 Å². The van der Waals surface area contributed by atoms with E-state index in [9.17, 15) is 4.79 Å². The van der Waals surface area contributed by atoms with Crippen LogP contribution in [0.15, 0.2) is 73.2 Å². The number of carbonyl (C=O) groups is 1. The van der Waals surface area contributed by atoms with Crippen molar-refractivity contribution >= 4 is 34.3 Å². The fraction of sp³-hybridized carbons (Fsp3) is 0.154. The molecule has 1 fully saturated rings. The van der Waals surface area contributed by atoms with Gasteiger partial charge in [0.2, 0.25) is 0 Å². The molecular formula is C26H24N8O2. The van der Waals surface area contributed by atoms with Gasteiger partial charge in [0.05, 0.1) is 24.4 Å². The number of hydrogen-bond acceptors (Lipinski definition) is 6. The van der Waals surface area contributed by atoms with Crippen molar-refractivity contribution in [3.63, 3.8) is 0 Å². The molecule has 0 saturated carbocycles. The number of nitrogens with zero attached hydrogens (tertiary/aromatic N) is 4. The zero-order chi connectivity index (χ0) is 24.3. The Morgan fingerprint density at radius 3 is 2.64 bits per heavy atom. The zero-order valence-electron chi connectivity index (χ0n) is 19.4. The second-order valence-electron chi connectivity index (χ2n) is 8.44. The summed E-state index contributed by atoms with van der Waals surface area (Å²) in [5.74, 6) is 1.46. The van der Waals surface area contributed by atoms with Gasteiger partial charge >= 0.3 is 6.03 Å². The molecule has 10 heteroatoms. The van der Waals surface area contributed by atoms with Crippen LogP contribution in [-0.4, -0.2) is 57.5 Å². The van der Waals surface area contributed by atoms with Crippen molar-refractivity contribution in [2.24, 2.45) is 0 Å². The van der Waals surface area contributed by atoms with Crippen molar-refractivity contribution < 1.29 is 9.53 Å². The monoisotopic (exact) mass is 480 g/mol. The van der Waals surface area contributed by atoms with E-state index in [1.165, 1.54) is 0 Å². The maximum Gasteiger partial charge on any atom is 0.324 e. The average Bonchev–Trinajstić information content (AvgIpc) is 3.57. The first-order chi connectivity index (χ1) is 17.7. The van der Waals surface area contributed by atoms with Crippen molar-refractivity contribution in [3.05, 3.63) is 73.2 Å². The number of aromatic nitrogens is 5. The van der Waals surface area contributed by atoms with Crippen LogP contribution < -0.4 is 15.5 Å². The number of H-pyrrole nitrogens is 2. The molecule has 0 unspecified atom stereocenters. The van der Waals surface area contributed by atoms with E-state index in [2.05, 4.69) is 46.7 Å². The lowest BCUT2D eigenvalue weighted by Gasteiger charge is -2.28. The maximum absolute atomic E-state index is 12.5. The van der Waals surface area contributed by atoms with Crippen LogP contribution in [0.4, 0.5) is 22.1 Å². The van der Waals surface area contributed by atoms with E-state index >= 15 is 0 Å². The molecular weight excluding hydrogens is 456 g/mol. The Balaban J connectivity index is 1.14. The first-order valence-electron chi connectivity index (χ1n) is 11.7. The number of anilines is 3. The lowest BCUT2D eigenvalue weighted by Crippen LogP contribution is -2.36. The minimum Gasteiger partial charge on any atom is -0.378 e. The number of aromatic amines is 2. The van der Waals surface area contributed by atoms with Crippen LogP contribution in [0.5, 0.6) is 0 Å². The van der Waals surface area contributed by atoms with E-state index in [1.54, 1.807) is 18.5 Å². The Bertz CT molecular complexity index is 1490. The minimum atomic E-state index is -0.365. The Morgan fingerprint density at radius 2 is 1.83 bits per heavy atom. The van der Waals surface area contributed by atoms with E-state index < -0.39 is 0 Å². The van der Waals surface area contributed by atoms with E-state index in [0.717, 1.165) is 46.6 Å². The van der Waals surface area contributed by atoms with Gasteiger partial charge in [-0.05, 0) is 42.0 Å². The lowest BCUT2D eigenvalue weighted by atomic mass is 10.1. The van der Waals surface area contributed by atoms with E-state index in [-0.39, 0.29) is 6.03 Å². The van der Waals surface area contributed by atoms with Gasteiger partial charge in [-0.1, -0.05) is 12.1 Å². The lowest BCUT2D eigenvalue weighted by molar-refractivity contribution is 0.122. The number of urea groups is 1. The average molecular weight is 481 g/mol. The van der Waals surface area contributed by atoms with Crippen molar-refractivity contribution in [3.8, 4) is 22.5 Å². The fourth-order valence-electron chi connectivity index (χ4n) is 4.29. The molecule has 1 aliphatic heterocycles. The normalized spacial score (nSPS) is 13.6. The number of hydrogen-bond donors (Lipinski definition) is 4. The van der Waals surface area contributed by atoms with Gasteiger partial charge in [-0.2, -0.15) is 5.10 Å². The highest BCUT2D eigenvalue weighted by atomic mass is 16.5. The summed E-state index contributed by atoms with van der Waals surface area (Å²) in [7, 11) is 0. The molecule has 0 aliphatic carbocycles. The fourth-order valence-corrected chi connectivity index (χ4v) is 4.29. The summed E-state index contributed by atoms with van der Waals surface area (Å²) in [6, 6.07) is 16.9. The summed E-state index contributed by atoms with van der Waals surface area (Å²) in [6.45, 7) is 3.09. The van der Waals surface area contributed by atoms with E-state index in [0.29, 0.717) is 30.4 Å². The molecule has 180 valence electrons. The Kier molecular flexibility index (Phi) is 5.76. The Labute approximate surface area is 206 Å². The van der Waals surface area contributed by atoms with Crippen molar-refractivity contribution in [1.82, 2.24) is 25.1 Å². The summed E-state index contributed by atoms with van der Waals surface area (Å²) < 4.78 is 5.48. The number of amides is 2. The summed E-state index contributed by atoms with van der Waals surface area (Å²) in [6.07, 6.45) is 5.25. The largest absolute Gasteiger partial charge is 0.378 e. The van der Waals surface area contributed by atoms with Gasteiger partial charge in [0.1, 0.15) is 11.6 Å². The van der Waals surface area contributed by atoms with Gasteiger partial charge in [-0.25, -0.2) is 9.78 Å². The van der Waals surface area contributed by atoms with Gasteiger partial charge in [0.25, 0.3) is 0 Å². The number of rotatable bonds is 5. The highest BCUT2D eigenvalue weighted by molar-refractivity contribution is 5.99. The van der Waals surface area contributed by atoms with Crippen LogP contribution in [0.25, 0.3) is 33.4 Å². The molecule has 4 N–H and O–H groups in total. The molecule has 6 rings (SSSR count). The summed E-state index contributed by atoms with van der Waals surface area (Å²) in [5, 5.41) is 13.7. The van der Waals surface area contributed by atoms with E-state index in [4.69, 9.17) is 4.74 Å². The number of pyridine rings is 2. The van der Waals surface area contributed by atoms with Crippen molar-refractivity contribution in [2.75, 3.05) is 41.8 Å². The molecule has 2 amide bonds. The molecule has 5 heterocycles. The van der Waals surface area contributed by atoms with Gasteiger partial charge in [0.15, 0.2) is 0 Å². The molecule has 0 atom stereocenters. The first kappa shape index (κ1) is 21.8. The highest BCUT2D eigenvalue weighted by Crippen LogP contribution is 2.30. The second kappa shape index (κ2) is 9.51. The summed E-state index contributed by atoms with van der Waals surface area (Å²) in [4.78, 5) is 26.9. The van der Waals surface area contributed by atoms with Crippen LogP contribution in [0.3, 0.4) is 0 Å². The number of morpholine rings is 1. The number of carbonyl (C=O) groups excluding carboxylic acids is 1. The predicted molar refractivity (Wildman–Crippen MR) is 139 cm³/mol. The zero-order valence-corrected chi connectivity index (χ0v) is 19.4. The summed E-state index contributed by atoms with van der Waals surface area (Å²) in [5.41, 5.74) is 5.28. The smallest absolute Gasteiger partial charge is 0.324 e.